The Labute approximate surface area is 159 Å². The second-order valence-electron chi connectivity index (χ2n) is 7.83. The van der Waals surface area contributed by atoms with Crippen LogP contribution in [-0.4, -0.2) is 52.1 Å². The van der Waals surface area contributed by atoms with Crippen molar-refractivity contribution in [1.29, 1.82) is 0 Å². The highest BCUT2D eigenvalue weighted by Crippen LogP contribution is 2.40. The lowest BCUT2D eigenvalue weighted by atomic mass is 9.75. The Balaban J connectivity index is 1.38. The first-order valence-corrected chi connectivity index (χ1v) is 10.2. The number of benzene rings is 1. The molecular weight excluding hydrogens is 346 g/mol. The zero-order valence-electron chi connectivity index (χ0n) is 15.2. The van der Waals surface area contributed by atoms with Crippen molar-refractivity contribution in [2.24, 2.45) is 0 Å². The molecule has 2 fully saturated rings. The number of aliphatic hydroxyl groups excluding tert-OH is 1. The van der Waals surface area contributed by atoms with Crippen LogP contribution in [0.15, 0.2) is 42.5 Å². The van der Waals surface area contributed by atoms with Gasteiger partial charge >= 0.3 is 0 Å². The largest absolute Gasteiger partial charge is 0.387 e. The van der Waals surface area contributed by atoms with E-state index in [9.17, 15) is 10.2 Å². The summed E-state index contributed by atoms with van der Waals surface area (Å²) in [4.78, 5) is 5.08. The average molecular weight is 374 g/mol. The molecule has 0 aliphatic carbocycles. The molecule has 2 aliphatic rings. The maximum absolute atomic E-state index is 10.6. The van der Waals surface area contributed by atoms with Crippen molar-refractivity contribution < 1.29 is 14.9 Å². The van der Waals surface area contributed by atoms with Gasteiger partial charge in [0.2, 0.25) is 0 Å². The van der Waals surface area contributed by atoms with Gasteiger partial charge < -0.3 is 14.9 Å². The Bertz CT molecular complexity index is 735. The molecule has 4 nitrogen and oxygen atoms in total. The van der Waals surface area contributed by atoms with E-state index >= 15 is 0 Å². The van der Waals surface area contributed by atoms with Gasteiger partial charge in [-0.3, -0.25) is 4.90 Å². The summed E-state index contributed by atoms with van der Waals surface area (Å²) in [5.74, 6) is 0. The topological polar surface area (TPSA) is 52.9 Å². The third-order valence-corrected chi connectivity index (χ3v) is 7.01. The standard InChI is InChI=1S/C21H27NO3S/c1-20(24)11-14-25-21(19(20)23)9-12-22(13-10-21)15-17-7-8-18(26-17)16-5-3-2-4-6-16/h2-8,19,23-24H,9-15H2,1H3/t19-,20+/m0/s1. The Kier molecular flexibility index (Phi) is 4.92. The zero-order chi connectivity index (χ0) is 18.2. The minimum Gasteiger partial charge on any atom is -0.387 e. The number of rotatable bonds is 3. The molecule has 2 aromatic rings. The Hall–Kier alpha value is -1.24. The molecule has 2 aliphatic heterocycles. The predicted octanol–water partition coefficient (Wildman–Crippen LogP) is 3.28. The molecule has 2 saturated heterocycles. The van der Waals surface area contributed by atoms with Gasteiger partial charge in [0.15, 0.2) is 0 Å². The van der Waals surface area contributed by atoms with Gasteiger partial charge in [-0.15, -0.1) is 11.3 Å². The SMILES string of the molecule is C[C@@]1(O)CCOC2(CCN(Cc3ccc(-c4ccccc4)s3)CC2)[C@H]1O. The van der Waals surface area contributed by atoms with E-state index in [0.29, 0.717) is 13.0 Å². The third kappa shape index (κ3) is 3.47. The average Bonchev–Trinajstić information content (AvgIpc) is 3.11. The minimum atomic E-state index is -1.04. The normalized spacial score (nSPS) is 29.1. The van der Waals surface area contributed by atoms with Crippen LogP contribution in [0, 0.1) is 0 Å². The summed E-state index contributed by atoms with van der Waals surface area (Å²) < 4.78 is 5.98. The second-order valence-corrected chi connectivity index (χ2v) is 9.00. The maximum atomic E-state index is 10.6. The van der Waals surface area contributed by atoms with Crippen molar-refractivity contribution in [1.82, 2.24) is 4.90 Å². The number of hydrogen-bond donors (Lipinski definition) is 2. The van der Waals surface area contributed by atoms with Crippen molar-refractivity contribution in [3.05, 3.63) is 47.3 Å². The Morgan fingerprint density at radius 3 is 2.58 bits per heavy atom. The number of aliphatic hydroxyl groups is 2. The highest BCUT2D eigenvalue weighted by atomic mass is 32.1. The quantitative estimate of drug-likeness (QED) is 0.867. The van der Waals surface area contributed by atoms with E-state index in [4.69, 9.17) is 4.74 Å². The molecule has 140 valence electrons. The van der Waals surface area contributed by atoms with Crippen molar-refractivity contribution in [2.45, 2.75) is 50.0 Å². The summed E-state index contributed by atoms with van der Waals surface area (Å²) in [7, 11) is 0. The van der Waals surface area contributed by atoms with Gasteiger partial charge in [0.1, 0.15) is 6.10 Å². The van der Waals surface area contributed by atoms with Crippen LogP contribution in [0.1, 0.15) is 31.1 Å². The van der Waals surface area contributed by atoms with Gasteiger partial charge in [-0.25, -0.2) is 0 Å². The fourth-order valence-electron chi connectivity index (χ4n) is 4.19. The van der Waals surface area contributed by atoms with Crippen LogP contribution in [0.5, 0.6) is 0 Å². The van der Waals surface area contributed by atoms with E-state index in [-0.39, 0.29) is 0 Å². The number of likely N-dealkylation sites (tertiary alicyclic amines) is 1. The summed E-state index contributed by atoms with van der Waals surface area (Å²) in [6, 6.07) is 14.9. The van der Waals surface area contributed by atoms with Crippen molar-refractivity contribution >= 4 is 11.3 Å². The van der Waals surface area contributed by atoms with Crippen LogP contribution in [0.3, 0.4) is 0 Å². The van der Waals surface area contributed by atoms with Gasteiger partial charge in [-0.1, -0.05) is 30.3 Å². The summed E-state index contributed by atoms with van der Waals surface area (Å²) in [6.45, 7) is 4.94. The van der Waals surface area contributed by atoms with Gasteiger partial charge in [0.05, 0.1) is 17.8 Å². The lowest BCUT2D eigenvalue weighted by Gasteiger charge is -2.51. The van der Waals surface area contributed by atoms with Gasteiger partial charge in [0, 0.05) is 35.8 Å². The summed E-state index contributed by atoms with van der Waals surface area (Å²) in [6.07, 6.45) is 1.22. The van der Waals surface area contributed by atoms with Crippen molar-refractivity contribution in [2.75, 3.05) is 19.7 Å². The maximum Gasteiger partial charge on any atom is 0.111 e. The summed E-state index contributed by atoms with van der Waals surface area (Å²) in [5, 5.41) is 21.1. The van der Waals surface area contributed by atoms with Crippen molar-refractivity contribution in [3.63, 3.8) is 0 Å². The van der Waals surface area contributed by atoms with Crippen LogP contribution in [-0.2, 0) is 11.3 Å². The molecule has 0 bridgehead atoms. The fraction of sp³-hybridized carbons (Fsp3) is 0.524. The molecule has 1 spiro atoms. The predicted molar refractivity (Wildman–Crippen MR) is 104 cm³/mol. The number of nitrogens with zero attached hydrogens (tertiary/aromatic N) is 1. The zero-order valence-corrected chi connectivity index (χ0v) is 16.0. The first kappa shape index (κ1) is 18.1. The van der Waals surface area contributed by atoms with Crippen LogP contribution < -0.4 is 0 Å². The monoisotopic (exact) mass is 373 g/mol. The fourth-order valence-corrected chi connectivity index (χ4v) is 5.25. The smallest absolute Gasteiger partial charge is 0.111 e. The molecular formula is C21H27NO3S. The summed E-state index contributed by atoms with van der Waals surface area (Å²) in [5.41, 5.74) is -0.357. The minimum absolute atomic E-state index is 0.497. The Morgan fingerprint density at radius 1 is 1.12 bits per heavy atom. The third-order valence-electron chi connectivity index (χ3n) is 5.89. The first-order valence-electron chi connectivity index (χ1n) is 9.39. The van der Waals surface area contributed by atoms with Gasteiger partial charge in [-0.05, 0) is 37.5 Å². The van der Waals surface area contributed by atoms with Crippen LogP contribution in [0.25, 0.3) is 10.4 Å². The molecule has 5 heteroatoms. The van der Waals surface area contributed by atoms with Crippen LogP contribution in [0.2, 0.25) is 0 Å². The lowest BCUT2D eigenvalue weighted by Crippen LogP contribution is -2.64. The molecule has 3 heterocycles. The molecule has 4 rings (SSSR count). The molecule has 1 aromatic carbocycles. The van der Waals surface area contributed by atoms with Crippen LogP contribution in [0.4, 0.5) is 0 Å². The highest BCUT2D eigenvalue weighted by molar-refractivity contribution is 7.15. The molecule has 26 heavy (non-hydrogen) atoms. The molecule has 0 radical (unpaired) electrons. The molecule has 0 unspecified atom stereocenters. The summed E-state index contributed by atoms with van der Waals surface area (Å²) >= 11 is 1.84. The van der Waals surface area contributed by atoms with E-state index in [1.807, 2.05) is 17.4 Å². The van der Waals surface area contributed by atoms with E-state index in [1.54, 1.807) is 6.92 Å². The second kappa shape index (κ2) is 7.06. The molecule has 2 N–H and O–H groups in total. The molecule has 0 amide bonds. The molecule has 1 aromatic heterocycles. The van der Waals surface area contributed by atoms with E-state index in [2.05, 4.69) is 41.3 Å². The van der Waals surface area contributed by atoms with Crippen LogP contribution >= 0.6 is 11.3 Å². The molecule has 2 atom stereocenters. The number of piperidine rings is 1. The Morgan fingerprint density at radius 2 is 1.85 bits per heavy atom. The number of thiophene rings is 1. The molecule has 0 saturated carbocycles. The van der Waals surface area contributed by atoms with E-state index < -0.39 is 17.3 Å². The lowest BCUT2D eigenvalue weighted by molar-refractivity contribution is -0.246. The first-order chi connectivity index (χ1) is 12.5. The van der Waals surface area contributed by atoms with E-state index in [1.165, 1.54) is 15.3 Å². The van der Waals surface area contributed by atoms with Gasteiger partial charge in [-0.2, -0.15) is 0 Å². The van der Waals surface area contributed by atoms with Crippen molar-refractivity contribution in [3.8, 4) is 10.4 Å². The highest BCUT2D eigenvalue weighted by Gasteiger charge is 2.52. The van der Waals surface area contributed by atoms with Gasteiger partial charge in [0.25, 0.3) is 0 Å². The number of hydrogen-bond acceptors (Lipinski definition) is 5. The number of ether oxygens (including phenoxy) is 1. The van der Waals surface area contributed by atoms with E-state index in [0.717, 1.165) is 32.5 Å².